The van der Waals surface area contributed by atoms with Crippen molar-refractivity contribution >= 4 is 23.6 Å². The van der Waals surface area contributed by atoms with E-state index >= 15 is 0 Å². The minimum absolute atomic E-state index is 0.0878. The zero-order chi connectivity index (χ0) is 20.1. The normalized spacial score (nSPS) is 13.7. The zero-order valence-electron chi connectivity index (χ0n) is 16.9. The maximum absolute atomic E-state index is 12.2. The second-order valence-electron chi connectivity index (χ2n) is 7.49. The van der Waals surface area contributed by atoms with Gasteiger partial charge in [0.2, 0.25) is 11.8 Å². The Labute approximate surface area is 166 Å². The summed E-state index contributed by atoms with van der Waals surface area (Å²) in [5.41, 5.74) is 5.21. The van der Waals surface area contributed by atoms with Crippen LogP contribution >= 0.6 is 0 Å². The molecule has 0 atom stereocenters. The second kappa shape index (κ2) is 8.91. The Morgan fingerprint density at radius 1 is 1.21 bits per heavy atom. The third kappa shape index (κ3) is 5.12. The number of anilines is 1. The van der Waals surface area contributed by atoms with E-state index in [1.807, 2.05) is 30.3 Å². The molecular formula is C23H29N3O2. The molecule has 0 bridgehead atoms. The minimum Gasteiger partial charge on any atom is -0.349 e. The van der Waals surface area contributed by atoms with Gasteiger partial charge in [-0.3, -0.25) is 9.59 Å². The number of carbonyl (C=O) groups is 2. The molecule has 1 aromatic heterocycles. The third-order valence-electron chi connectivity index (χ3n) is 5.08. The summed E-state index contributed by atoms with van der Waals surface area (Å²) in [6.07, 6.45) is 6.50. The first-order chi connectivity index (χ1) is 13.5. The van der Waals surface area contributed by atoms with Gasteiger partial charge >= 0.3 is 0 Å². The molecular weight excluding hydrogens is 350 g/mol. The molecule has 28 heavy (non-hydrogen) atoms. The Bertz CT molecular complexity index is 891. The molecule has 0 saturated heterocycles. The van der Waals surface area contributed by atoms with Gasteiger partial charge in [-0.2, -0.15) is 0 Å². The van der Waals surface area contributed by atoms with E-state index < -0.39 is 0 Å². The van der Waals surface area contributed by atoms with Gasteiger partial charge < -0.3 is 15.2 Å². The van der Waals surface area contributed by atoms with Gasteiger partial charge in [-0.25, -0.2) is 0 Å². The molecule has 0 unspecified atom stereocenters. The van der Waals surface area contributed by atoms with E-state index in [4.69, 9.17) is 0 Å². The van der Waals surface area contributed by atoms with Crippen molar-refractivity contribution in [1.82, 2.24) is 9.88 Å². The highest BCUT2D eigenvalue weighted by Gasteiger charge is 2.29. The maximum Gasteiger partial charge on any atom is 0.244 e. The van der Waals surface area contributed by atoms with Crippen LogP contribution in [0.25, 0.3) is 6.08 Å². The molecule has 0 aliphatic heterocycles. The van der Waals surface area contributed by atoms with Crippen LogP contribution < -0.4 is 10.6 Å². The Balaban J connectivity index is 1.55. The van der Waals surface area contributed by atoms with Crippen molar-refractivity contribution in [1.29, 1.82) is 0 Å². The third-order valence-corrected chi connectivity index (χ3v) is 5.08. The van der Waals surface area contributed by atoms with E-state index in [0.29, 0.717) is 6.54 Å². The number of aromatic nitrogens is 1. The van der Waals surface area contributed by atoms with Crippen LogP contribution in [0.4, 0.5) is 5.69 Å². The number of carbonyl (C=O) groups excluding carboxylic acids is 2. The number of nitrogens with one attached hydrogen (secondary N) is 2. The molecule has 1 aromatic carbocycles. The Morgan fingerprint density at radius 2 is 2.00 bits per heavy atom. The Kier molecular flexibility index (Phi) is 6.34. The topological polar surface area (TPSA) is 63.1 Å². The van der Waals surface area contributed by atoms with E-state index in [1.54, 1.807) is 6.08 Å². The molecule has 1 aliphatic rings. The van der Waals surface area contributed by atoms with Crippen molar-refractivity contribution in [3.8, 4) is 0 Å². The molecule has 0 radical (unpaired) electrons. The van der Waals surface area contributed by atoms with Crippen LogP contribution in [0.15, 0.2) is 36.4 Å². The molecule has 2 N–H and O–H groups in total. The highest BCUT2D eigenvalue weighted by atomic mass is 16.2. The maximum atomic E-state index is 12.2. The summed E-state index contributed by atoms with van der Waals surface area (Å²) >= 11 is 0. The molecule has 2 amide bonds. The Hall–Kier alpha value is -2.82. The van der Waals surface area contributed by atoms with Gasteiger partial charge in [0, 0.05) is 42.2 Å². The van der Waals surface area contributed by atoms with Crippen LogP contribution in [0.3, 0.4) is 0 Å². The van der Waals surface area contributed by atoms with Gasteiger partial charge in [0.15, 0.2) is 0 Å². The lowest BCUT2D eigenvalue weighted by Crippen LogP contribution is -2.20. The van der Waals surface area contributed by atoms with Gasteiger partial charge in [-0.1, -0.05) is 19.1 Å². The van der Waals surface area contributed by atoms with Gasteiger partial charge in [-0.15, -0.1) is 0 Å². The minimum atomic E-state index is -0.132. The lowest BCUT2D eigenvalue weighted by Gasteiger charge is -2.08. The molecule has 1 heterocycles. The first-order valence-electron chi connectivity index (χ1n) is 10.0. The van der Waals surface area contributed by atoms with E-state index in [2.05, 4.69) is 42.0 Å². The molecule has 1 fully saturated rings. The van der Waals surface area contributed by atoms with E-state index in [9.17, 15) is 9.59 Å². The zero-order valence-corrected chi connectivity index (χ0v) is 16.9. The average Bonchev–Trinajstić information content (AvgIpc) is 3.49. The monoisotopic (exact) mass is 379 g/mol. The number of aryl methyl sites for hydroxylation is 1. The van der Waals surface area contributed by atoms with E-state index in [0.717, 1.165) is 42.6 Å². The fourth-order valence-corrected chi connectivity index (χ4v) is 3.33. The summed E-state index contributed by atoms with van der Waals surface area (Å²) in [5, 5.41) is 5.84. The number of benzene rings is 1. The average molecular weight is 380 g/mol. The molecule has 5 heteroatoms. The second-order valence-corrected chi connectivity index (χ2v) is 7.49. The predicted octanol–water partition coefficient (Wildman–Crippen LogP) is 4.19. The molecule has 1 saturated carbocycles. The highest BCUT2D eigenvalue weighted by Crippen LogP contribution is 2.30. The van der Waals surface area contributed by atoms with Crippen LogP contribution in [-0.4, -0.2) is 16.4 Å². The number of nitrogens with zero attached hydrogens (tertiary/aromatic N) is 1. The molecule has 0 spiro atoms. The fraction of sp³-hybridized carbons (Fsp3) is 0.391. The van der Waals surface area contributed by atoms with Crippen LogP contribution in [0.1, 0.15) is 48.7 Å². The quantitative estimate of drug-likeness (QED) is 0.676. The fourth-order valence-electron chi connectivity index (χ4n) is 3.33. The van der Waals surface area contributed by atoms with Gasteiger partial charge in [0.05, 0.1) is 0 Å². The first kappa shape index (κ1) is 19.9. The molecule has 1 aliphatic carbocycles. The van der Waals surface area contributed by atoms with E-state index in [-0.39, 0.29) is 17.7 Å². The number of rotatable bonds is 8. The summed E-state index contributed by atoms with van der Waals surface area (Å²) < 4.78 is 2.28. The standard InChI is InChI=1S/C23H29N3O2/c1-4-12-26-16(2)13-20(17(26)3)10-11-22(27)24-15-18-6-5-7-21(14-18)25-23(28)19-8-9-19/h5-7,10-11,13-14,19H,4,8-9,12,15H2,1-3H3,(H,24,27)(H,25,28)/b11-10+. The number of hydrogen-bond acceptors (Lipinski definition) is 2. The molecule has 148 valence electrons. The van der Waals surface area contributed by atoms with Crippen molar-refractivity contribution < 1.29 is 9.59 Å². The predicted molar refractivity (Wildman–Crippen MR) is 113 cm³/mol. The van der Waals surface area contributed by atoms with Crippen LogP contribution in [0, 0.1) is 19.8 Å². The van der Waals surface area contributed by atoms with Gasteiger partial charge in [0.1, 0.15) is 0 Å². The van der Waals surface area contributed by atoms with Crippen LogP contribution in [-0.2, 0) is 22.7 Å². The summed E-state index contributed by atoms with van der Waals surface area (Å²) in [6.45, 7) is 7.75. The molecule has 3 rings (SSSR count). The number of hydrogen-bond donors (Lipinski definition) is 2. The smallest absolute Gasteiger partial charge is 0.244 e. The van der Waals surface area contributed by atoms with Crippen molar-refractivity contribution in [3.63, 3.8) is 0 Å². The SMILES string of the molecule is CCCn1c(C)cc(/C=C/C(=O)NCc2cccc(NC(=O)C3CC3)c2)c1C. The summed E-state index contributed by atoms with van der Waals surface area (Å²) in [5.74, 6) is 0.130. The van der Waals surface area contributed by atoms with Crippen LogP contribution in [0.2, 0.25) is 0 Å². The highest BCUT2D eigenvalue weighted by molar-refractivity contribution is 5.94. The van der Waals surface area contributed by atoms with Gasteiger partial charge in [-0.05, 0) is 68.5 Å². The lowest BCUT2D eigenvalue weighted by atomic mass is 10.2. The number of amides is 2. The van der Waals surface area contributed by atoms with Crippen molar-refractivity contribution in [2.75, 3.05) is 5.32 Å². The largest absolute Gasteiger partial charge is 0.349 e. The summed E-state index contributed by atoms with van der Waals surface area (Å²) in [4.78, 5) is 24.1. The summed E-state index contributed by atoms with van der Waals surface area (Å²) in [6, 6.07) is 9.72. The van der Waals surface area contributed by atoms with Crippen molar-refractivity contribution in [2.24, 2.45) is 5.92 Å². The van der Waals surface area contributed by atoms with Crippen LogP contribution in [0.5, 0.6) is 0 Å². The lowest BCUT2D eigenvalue weighted by molar-refractivity contribution is -0.117. The Morgan fingerprint density at radius 3 is 2.71 bits per heavy atom. The van der Waals surface area contributed by atoms with Gasteiger partial charge in [0.25, 0.3) is 0 Å². The van der Waals surface area contributed by atoms with E-state index in [1.165, 1.54) is 11.4 Å². The first-order valence-corrected chi connectivity index (χ1v) is 10.0. The summed E-state index contributed by atoms with van der Waals surface area (Å²) in [7, 11) is 0. The van der Waals surface area contributed by atoms with Crippen molar-refractivity contribution in [2.45, 2.75) is 53.1 Å². The van der Waals surface area contributed by atoms with Crippen molar-refractivity contribution in [3.05, 3.63) is 58.9 Å². The molecule has 2 aromatic rings. The molecule has 5 nitrogen and oxygen atoms in total.